The zero-order valence-corrected chi connectivity index (χ0v) is 15.9. The molecule has 3 aliphatic carbocycles. The van der Waals surface area contributed by atoms with Crippen molar-refractivity contribution in [3.63, 3.8) is 0 Å². The van der Waals surface area contributed by atoms with Crippen LogP contribution in [-0.2, 0) is 0 Å². The van der Waals surface area contributed by atoms with Crippen molar-refractivity contribution >= 4 is 17.7 Å². The van der Waals surface area contributed by atoms with Crippen molar-refractivity contribution in [2.24, 2.45) is 29.1 Å². The largest absolute Gasteiger partial charge is 0.256 e. The van der Waals surface area contributed by atoms with Crippen LogP contribution in [0.3, 0.4) is 0 Å². The molecule has 0 radical (unpaired) electrons. The summed E-state index contributed by atoms with van der Waals surface area (Å²) in [7, 11) is 0. The third-order valence-electron chi connectivity index (χ3n) is 6.89. The fourth-order valence-electron chi connectivity index (χ4n) is 5.29. The molecule has 0 bridgehead atoms. The minimum atomic E-state index is 0.293. The van der Waals surface area contributed by atoms with Gasteiger partial charge in [-0.15, -0.1) is 0 Å². The molecule has 1 fully saturated rings. The molecule has 1 aromatic heterocycles. The van der Waals surface area contributed by atoms with Crippen LogP contribution in [0.4, 0.5) is 0 Å². The number of fused-ring (bicyclic) bond motifs is 1. The van der Waals surface area contributed by atoms with E-state index in [0.717, 1.165) is 24.7 Å². The van der Waals surface area contributed by atoms with E-state index in [-0.39, 0.29) is 0 Å². The van der Waals surface area contributed by atoms with Gasteiger partial charge in [0.15, 0.2) is 0 Å². The number of hydrogen-bond donors (Lipinski definition) is 0. The number of aromatic nitrogens is 1. The van der Waals surface area contributed by atoms with Crippen LogP contribution in [-0.4, -0.2) is 4.98 Å². The van der Waals surface area contributed by atoms with Gasteiger partial charge in [0.05, 0.1) is 5.69 Å². The Hall–Kier alpha value is -1.89. The highest BCUT2D eigenvalue weighted by Gasteiger charge is 2.61. The first-order valence-electron chi connectivity index (χ1n) is 9.77. The van der Waals surface area contributed by atoms with E-state index in [2.05, 4.69) is 76.3 Å². The summed E-state index contributed by atoms with van der Waals surface area (Å²) in [6, 6.07) is 2.17. The predicted octanol–water partition coefficient (Wildman–Crippen LogP) is 4.49. The highest BCUT2D eigenvalue weighted by Crippen LogP contribution is 2.67. The van der Waals surface area contributed by atoms with Gasteiger partial charge in [-0.3, -0.25) is 4.98 Å². The van der Waals surface area contributed by atoms with E-state index >= 15 is 0 Å². The summed E-state index contributed by atoms with van der Waals surface area (Å²) in [5.41, 5.74) is 2.94. The van der Waals surface area contributed by atoms with Crippen molar-refractivity contribution < 1.29 is 0 Å². The summed E-state index contributed by atoms with van der Waals surface area (Å²) in [6.07, 6.45) is 20.7. The second kappa shape index (κ2) is 6.12. The van der Waals surface area contributed by atoms with Crippen molar-refractivity contribution in [1.29, 1.82) is 0 Å². The molecule has 4 atom stereocenters. The minimum Gasteiger partial charge on any atom is -0.256 e. The normalized spacial score (nSPS) is 36.4. The monoisotopic (exact) mass is 331 g/mol. The molecular weight excluding hydrogens is 302 g/mol. The molecule has 130 valence electrons. The second-order valence-corrected chi connectivity index (χ2v) is 8.16. The summed E-state index contributed by atoms with van der Waals surface area (Å²) in [6.45, 7) is 9.28. The summed E-state index contributed by atoms with van der Waals surface area (Å²) >= 11 is 0. The smallest absolute Gasteiger partial charge is 0.0739 e. The van der Waals surface area contributed by atoms with Crippen LogP contribution in [0.15, 0.2) is 42.6 Å². The van der Waals surface area contributed by atoms with Crippen molar-refractivity contribution in [2.75, 3.05) is 0 Å². The highest BCUT2D eigenvalue weighted by atomic mass is 14.7. The van der Waals surface area contributed by atoms with Crippen LogP contribution < -0.4 is 10.4 Å². The molecule has 3 aliphatic rings. The van der Waals surface area contributed by atoms with Crippen LogP contribution in [0.5, 0.6) is 0 Å². The van der Waals surface area contributed by atoms with Gasteiger partial charge in [0.25, 0.3) is 0 Å². The van der Waals surface area contributed by atoms with Crippen molar-refractivity contribution in [3.8, 4) is 0 Å². The number of pyridine rings is 1. The van der Waals surface area contributed by atoms with Gasteiger partial charge >= 0.3 is 0 Å². The first kappa shape index (κ1) is 16.6. The first-order chi connectivity index (χ1) is 12.1. The quantitative estimate of drug-likeness (QED) is 0.744. The fourth-order valence-corrected chi connectivity index (χ4v) is 5.29. The van der Waals surface area contributed by atoms with E-state index in [0.29, 0.717) is 17.3 Å². The maximum absolute atomic E-state index is 4.86. The topological polar surface area (TPSA) is 12.9 Å². The molecule has 0 aliphatic heterocycles. The van der Waals surface area contributed by atoms with Gasteiger partial charge in [-0.25, -0.2) is 0 Å². The van der Waals surface area contributed by atoms with Gasteiger partial charge in [0.2, 0.25) is 0 Å². The number of allylic oxidation sites excluding steroid dienone is 6. The molecule has 0 N–H and O–H groups in total. The Kier molecular flexibility index (Phi) is 4.06. The van der Waals surface area contributed by atoms with Gasteiger partial charge in [-0.2, -0.15) is 0 Å². The van der Waals surface area contributed by atoms with E-state index in [1.807, 2.05) is 6.20 Å². The molecule has 4 unspecified atom stereocenters. The molecular formula is C24H29N. The Morgan fingerprint density at radius 3 is 2.68 bits per heavy atom. The maximum atomic E-state index is 4.86. The van der Waals surface area contributed by atoms with E-state index in [1.54, 1.807) is 0 Å². The second-order valence-electron chi connectivity index (χ2n) is 8.16. The number of hydrogen-bond acceptors (Lipinski definition) is 1. The highest BCUT2D eigenvalue weighted by molar-refractivity contribution is 5.71. The van der Waals surface area contributed by atoms with Crippen LogP contribution in [0.1, 0.15) is 46.2 Å². The maximum Gasteiger partial charge on any atom is 0.0739 e. The number of rotatable bonds is 3. The number of nitrogens with zero attached hydrogens (tertiary/aromatic N) is 1. The molecule has 0 spiro atoms. The van der Waals surface area contributed by atoms with Crippen molar-refractivity contribution in [1.82, 2.24) is 4.98 Å². The van der Waals surface area contributed by atoms with E-state index < -0.39 is 0 Å². The average molecular weight is 332 g/mol. The van der Waals surface area contributed by atoms with Crippen molar-refractivity contribution in [3.05, 3.63) is 58.8 Å². The lowest BCUT2D eigenvalue weighted by Crippen LogP contribution is -2.34. The molecule has 1 saturated carbocycles. The zero-order chi connectivity index (χ0) is 17.6. The predicted molar refractivity (Wildman–Crippen MR) is 107 cm³/mol. The van der Waals surface area contributed by atoms with Crippen LogP contribution in [0.25, 0.3) is 17.7 Å². The Morgan fingerprint density at radius 2 is 1.96 bits per heavy atom. The molecule has 25 heavy (non-hydrogen) atoms. The van der Waals surface area contributed by atoms with Crippen LogP contribution in [0, 0.1) is 29.1 Å². The Balaban J connectivity index is 1.86. The van der Waals surface area contributed by atoms with Crippen molar-refractivity contribution in [2.45, 2.75) is 40.5 Å². The zero-order valence-electron chi connectivity index (χ0n) is 15.9. The summed E-state index contributed by atoms with van der Waals surface area (Å²) in [4.78, 5) is 4.86. The lowest BCUT2D eigenvalue weighted by atomic mass is 9.74. The standard InChI is InChI=1S/C24H29N/c1-5-13-24(17(3)18(24)4)22-9-7-6-8-21(22)23-20-11-10-16(2)15-19(20)12-14-25-23/h5-8,11-18,22H,9-10H2,1-4H3. The summed E-state index contributed by atoms with van der Waals surface area (Å²) in [5.74, 6) is 2.62. The van der Waals surface area contributed by atoms with Gasteiger partial charge in [0.1, 0.15) is 0 Å². The third kappa shape index (κ3) is 2.47. The fraction of sp³-hybridized carbons (Fsp3) is 0.458. The Labute approximate surface area is 151 Å². The van der Waals surface area contributed by atoms with E-state index in [4.69, 9.17) is 4.98 Å². The molecule has 4 rings (SSSR count). The molecule has 0 aromatic carbocycles. The molecule has 1 nitrogen and oxygen atoms in total. The third-order valence-corrected chi connectivity index (χ3v) is 6.89. The molecule has 0 saturated heterocycles. The first-order valence-corrected chi connectivity index (χ1v) is 9.77. The van der Waals surface area contributed by atoms with Crippen LogP contribution in [0.2, 0.25) is 0 Å². The minimum absolute atomic E-state index is 0.293. The lowest BCUT2D eigenvalue weighted by molar-refractivity contribution is 0.418. The average Bonchev–Trinajstić information content (AvgIpc) is 3.15. The molecule has 1 heterocycles. The lowest BCUT2D eigenvalue weighted by Gasteiger charge is -2.30. The molecule has 1 aromatic rings. The molecule has 1 heteroatoms. The SMILES string of the molecule is CC=CC1(C2CC=CC=C2c2nccc3c2=CCC(C)C=3)C(C)C1C. The summed E-state index contributed by atoms with van der Waals surface area (Å²) in [5, 5.41) is 2.71. The Morgan fingerprint density at radius 1 is 1.16 bits per heavy atom. The van der Waals surface area contributed by atoms with E-state index in [1.165, 1.54) is 21.7 Å². The molecule has 0 amide bonds. The van der Waals surface area contributed by atoms with Gasteiger partial charge in [-0.05, 0) is 60.3 Å². The van der Waals surface area contributed by atoms with Crippen LogP contribution >= 0.6 is 0 Å². The van der Waals surface area contributed by atoms with E-state index in [9.17, 15) is 0 Å². The van der Waals surface area contributed by atoms with Gasteiger partial charge in [-0.1, -0.05) is 63.3 Å². The van der Waals surface area contributed by atoms with Gasteiger partial charge in [0, 0.05) is 16.8 Å². The van der Waals surface area contributed by atoms with Gasteiger partial charge < -0.3 is 0 Å². The Bertz CT molecular complexity index is 875. The summed E-state index contributed by atoms with van der Waals surface area (Å²) < 4.78 is 0.